The summed E-state index contributed by atoms with van der Waals surface area (Å²) in [5, 5.41) is 17.0. The summed E-state index contributed by atoms with van der Waals surface area (Å²) in [7, 11) is 1.91. The van der Waals surface area contributed by atoms with E-state index in [1.165, 1.54) is 49.1 Å². The van der Waals surface area contributed by atoms with Gasteiger partial charge in [0, 0.05) is 37.2 Å². The van der Waals surface area contributed by atoms with Crippen molar-refractivity contribution in [3.8, 4) is 5.75 Å². The van der Waals surface area contributed by atoms with E-state index >= 15 is 0 Å². The fourth-order valence-electron chi connectivity index (χ4n) is 9.02. The molecule has 3 saturated carbocycles. The summed E-state index contributed by atoms with van der Waals surface area (Å²) in [6, 6.07) is 9.65. The molecule has 5 aliphatic rings. The van der Waals surface area contributed by atoms with Crippen molar-refractivity contribution in [3.63, 3.8) is 0 Å². The van der Waals surface area contributed by atoms with Gasteiger partial charge in [-0.1, -0.05) is 6.07 Å². The first-order valence-corrected chi connectivity index (χ1v) is 13.3. The van der Waals surface area contributed by atoms with Crippen LogP contribution in [0.4, 0.5) is 0 Å². The molecule has 2 heterocycles. The second-order valence-electron chi connectivity index (χ2n) is 11.9. The number of benzene rings is 1. The molecule has 1 amide bonds. The Labute approximate surface area is 205 Å². The van der Waals surface area contributed by atoms with Crippen LogP contribution in [-0.4, -0.2) is 63.2 Å². The largest absolute Gasteiger partial charge is 0.508 e. The van der Waals surface area contributed by atoms with Crippen LogP contribution < -0.4 is 5.56 Å². The Morgan fingerprint density at radius 2 is 2.00 bits per heavy atom. The fraction of sp³-hybridized carbons (Fsp3) is 0.607. The van der Waals surface area contributed by atoms with Gasteiger partial charge in [0.15, 0.2) is 0 Å². The summed E-state index contributed by atoms with van der Waals surface area (Å²) < 4.78 is 0. The monoisotopic (exact) mass is 474 g/mol. The van der Waals surface area contributed by atoms with Crippen molar-refractivity contribution in [1.29, 1.82) is 0 Å². The van der Waals surface area contributed by atoms with Crippen LogP contribution in [0.5, 0.6) is 5.75 Å². The predicted octanol–water partition coefficient (Wildman–Crippen LogP) is 3.08. The lowest BCUT2D eigenvalue weighted by Crippen LogP contribution is -2.70. The first kappa shape index (κ1) is 21.6. The van der Waals surface area contributed by atoms with E-state index in [0.29, 0.717) is 23.4 Å². The number of likely N-dealkylation sites (tertiary alicyclic amines) is 1. The lowest BCUT2D eigenvalue weighted by atomic mass is 9.43. The highest BCUT2D eigenvalue weighted by molar-refractivity contribution is 5.92. The van der Waals surface area contributed by atoms with Crippen molar-refractivity contribution in [2.24, 2.45) is 17.3 Å². The normalized spacial score (nSPS) is 35.3. The van der Waals surface area contributed by atoms with Gasteiger partial charge in [0.1, 0.15) is 11.4 Å². The molecule has 0 radical (unpaired) electrons. The highest BCUT2D eigenvalue weighted by Crippen LogP contribution is 2.72. The predicted molar refractivity (Wildman–Crippen MR) is 131 cm³/mol. The highest BCUT2D eigenvalue weighted by Gasteiger charge is 2.71. The number of phenols is 1. The first-order chi connectivity index (χ1) is 16.9. The minimum absolute atomic E-state index is 0.0000722. The summed E-state index contributed by atoms with van der Waals surface area (Å²) in [6.07, 6.45) is 9.37. The number of amides is 1. The van der Waals surface area contributed by atoms with E-state index in [0.717, 1.165) is 44.6 Å². The van der Waals surface area contributed by atoms with Crippen molar-refractivity contribution in [2.45, 2.75) is 68.9 Å². The number of aromatic hydroxyl groups is 1. The van der Waals surface area contributed by atoms with Crippen LogP contribution in [-0.2, 0) is 11.8 Å². The van der Waals surface area contributed by atoms with Crippen molar-refractivity contribution in [3.05, 3.63) is 57.5 Å². The molecule has 1 saturated heterocycles. The number of hydrogen-bond donors (Lipinski definition) is 2. The molecule has 2 N–H and O–H groups in total. The molecule has 184 valence electrons. The molecule has 5 atom stereocenters. The second kappa shape index (κ2) is 7.42. The van der Waals surface area contributed by atoms with Gasteiger partial charge in [0.25, 0.3) is 11.5 Å². The smallest absolute Gasteiger partial charge is 0.274 e. The molecule has 7 nitrogen and oxygen atoms in total. The third kappa shape index (κ3) is 2.90. The standard InChI is InChI=1S/C28H34N4O3/c1-31(26(35)22-6-7-25(34)30-29-22)23-9-11-27-10-8-20(23)28(27)12-13-32(16-17-2-3-17)24(27)14-18-4-5-19(33)15-21(18)28/h4-7,15,17,20,23-24,33H,2-3,8-14,16H2,1H3,(H,30,34). The van der Waals surface area contributed by atoms with E-state index in [2.05, 4.69) is 27.2 Å². The summed E-state index contributed by atoms with van der Waals surface area (Å²) in [5.74, 6) is 1.47. The van der Waals surface area contributed by atoms with Gasteiger partial charge in [-0.05, 0) is 104 Å². The number of aromatic amines is 1. The maximum atomic E-state index is 13.4. The number of H-pyrrole nitrogens is 1. The maximum Gasteiger partial charge on any atom is 0.274 e. The van der Waals surface area contributed by atoms with Gasteiger partial charge in [-0.15, -0.1) is 0 Å². The molecule has 1 aliphatic heterocycles. The van der Waals surface area contributed by atoms with E-state index in [-0.39, 0.29) is 28.3 Å². The number of rotatable bonds is 4. The number of nitrogens with one attached hydrogen (secondary N) is 1. The van der Waals surface area contributed by atoms with Crippen molar-refractivity contribution in [2.75, 3.05) is 20.1 Å². The quantitative estimate of drug-likeness (QED) is 0.711. The van der Waals surface area contributed by atoms with Crippen molar-refractivity contribution < 1.29 is 9.90 Å². The van der Waals surface area contributed by atoms with Crippen molar-refractivity contribution >= 4 is 5.91 Å². The molecule has 4 fully saturated rings. The van der Waals surface area contributed by atoms with Gasteiger partial charge in [-0.3, -0.25) is 14.5 Å². The number of carbonyl (C=O) groups excluding carboxylic acids is 1. The Morgan fingerprint density at radius 1 is 1.17 bits per heavy atom. The minimum Gasteiger partial charge on any atom is -0.508 e. The molecule has 1 aromatic carbocycles. The van der Waals surface area contributed by atoms with Gasteiger partial charge in [-0.25, -0.2) is 5.10 Å². The van der Waals surface area contributed by atoms with Crippen LogP contribution in [0.25, 0.3) is 0 Å². The van der Waals surface area contributed by atoms with Gasteiger partial charge in [-0.2, -0.15) is 5.10 Å². The summed E-state index contributed by atoms with van der Waals surface area (Å²) in [4.78, 5) is 29.6. The number of hydrogen-bond acceptors (Lipinski definition) is 5. The molecule has 4 aliphatic carbocycles. The SMILES string of the molecule is CN(C(=O)c1ccc(=O)[nH]n1)C1CCC23CCC1C21CCN(CC2CC2)C3Cc2ccc(O)cc21. The average Bonchev–Trinajstić information content (AvgIpc) is 3.64. The second-order valence-corrected chi connectivity index (χ2v) is 11.9. The van der Waals surface area contributed by atoms with Gasteiger partial charge >= 0.3 is 0 Å². The maximum absolute atomic E-state index is 13.4. The summed E-state index contributed by atoms with van der Waals surface area (Å²) in [6.45, 7) is 2.35. The minimum atomic E-state index is -0.302. The molecule has 0 spiro atoms. The molecular formula is C28H34N4O3. The summed E-state index contributed by atoms with van der Waals surface area (Å²) >= 11 is 0. The van der Waals surface area contributed by atoms with E-state index in [4.69, 9.17) is 0 Å². The Morgan fingerprint density at radius 3 is 2.77 bits per heavy atom. The van der Waals surface area contributed by atoms with E-state index < -0.39 is 0 Å². The number of fused-ring (bicyclic) bond motifs is 1. The zero-order valence-corrected chi connectivity index (χ0v) is 20.4. The molecule has 1 aromatic heterocycles. The van der Waals surface area contributed by atoms with Crippen LogP contribution in [0.1, 0.15) is 66.6 Å². The number of piperidine rings is 1. The molecule has 2 aromatic rings. The number of aromatic nitrogens is 2. The molecule has 4 bridgehead atoms. The number of nitrogens with zero attached hydrogens (tertiary/aromatic N) is 3. The first-order valence-electron chi connectivity index (χ1n) is 13.3. The van der Waals surface area contributed by atoms with E-state index in [9.17, 15) is 14.7 Å². The highest BCUT2D eigenvalue weighted by atomic mass is 16.3. The molecule has 5 unspecified atom stereocenters. The summed E-state index contributed by atoms with van der Waals surface area (Å²) in [5.41, 5.74) is 2.97. The van der Waals surface area contributed by atoms with Crippen LogP contribution >= 0.6 is 0 Å². The Hall–Kier alpha value is -2.67. The van der Waals surface area contributed by atoms with Crippen molar-refractivity contribution in [1.82, 2.24) is 20.0 Å². The Kier molecular flexibility index (Phi) is 4.58. The molecule has 35 heavy (non-hydrogen) atoms. The number of carbonyl (C=O) groups is 1. The zero-order chi connectivity index (χ0) is 23.9. The van der Waals surface area contributed by atoms with E-state index in [1.807, 2.05) is 18.0 Å². The third-order valence-electron chi connectivity index (χ3n) is 10.5. The topological polar surface area (TPSA) is 89.5 Å². The van der Waals surface area contributed by atoms with Crippen LogP contribution in [0.15, 0.2) is 35.1 Å². The fourth-order valence-corrected chi connectivity index (χ4v) is 9.02. The molecular weight excluding hydrogens is 440 g/mol. The van der Waals surface area contributed by atoms with Crippen LogP contribution in [0, 0.1) is 17.3 Å². The lowest BCUT2D eigenvalue weighted by molar-refractivity contribution is -0.104. The Bertz CT molecular complexity index is 1230. The number of phenolic OH excluding ortho intramolecular Hbond substituents is 1. The zero-order valence-electron chi connectivity index (χ0n) is 20.4. The van der Waals surface area contributed by atoms with Crippen LogP contribution in [0.2, 0.25) is 0 Å². The molecule has 7 heteroatoms. The van der Waals surface area contributed by atoms with Crippen LogP contribution in [0.3, 0.4) is 0 Å². The van der Waals surface area contributed by atoms with Gasteiger partial charge < -0.3 is 10.0 Å². The third-order valence-corrected chi connectivity index (χ3v) is 10.5. The van der Waals surface area contributed by atoms with Gasteiger partial charge in [0.2, 0.25) is 0 Å². The van der Waals surface area contributed by atoms with Gasteiger partial charge in [0.05, 0.1) is 0 Å². The lowest BCUT2D eigenvalue weighted by Gasteiger charge is -2.67. The average molecular weight is 475 g/mol. The Balaban J connectivity index is 1.30. The van der Waals surface area contributed by atoms with E-state index in [1.54, 1.807) is 0 Å². The molecule has 7 rings (SSSR count).